The van der Waals surface area contributed by atoms with Gasteiger partial charge in [-0.3, -0.25) is 4.79 Å². The minimum atomic E-state index is -0.286. The maximum atomic E-state index is 12.3. The zero-order valence-corrected chi connectivity index (χ0v) is 15.4. The number of halogens is 4. The van der Waals surface area contributed by atoms with Crippen molar-refractivity contribution in [2.45, 2.75) is 6.92 Å². The molecule has 0 atom stereocenters. The molecule has 0 aliphatic rings. The highest BCUT2D eigenvalue weighted by molar-refractivity contribution is 14.1. The summed E-state index contributed by atoms with van der Waals surface area (Å²) in [5.41, 5.74) is 1.12. The fraction of sp³-hybridized carbons (Fsp3) is 0.0769. The quantitative estimate of drug-likeness (QED) is 0.585. The molecule has 1 aromatic carbocycles. The predicted octanol–water partition coefficient (Wildman–Crippen LogP) is 5.32. The number of carbonyl (C=O) groups is 1. The van der Waals surface area contributed by atoms with Crippen molar-refractivity contribution in [3.05, 3.63) is 53.6 Å². The second kappa shape index (κ2) is 6.60. The van der Waals surface area contributed by atoms with Crippen molar-refractivity contribution >= 4 is 73.4 Å². The zero-order valence-electron chi connectivity index (χ0n) is 10.2. The highest BCUT2D eigenvalue weighted by Crippen LogP contribution is 2.27. The van der Waals surface area contributed by atoms with Gasteiger partial charge in [-0.1, -0.05) is 23.2 Å². The van der Waals surface area contributed by atoms with E-state index in [4.69, 9.17) is 23.2 Å². The van der Waals surface area contributed by atoms with E-state index < -0.39 is 0 Å². The van der Waals surface area contributed by atoms with Crippen LogP contribution in [0.2, 0.25) is 10.0 Å². The average molecular weight is 486 g/mol. The summed E-state index contributed by atoms with van der Waals surface area (Å²) in [5, 5.41) is 3.45. The summed E-state index contributed by atoms with van der Waals surface area (Å²) in [4.78, 5) is 16.4. The lowest BCUT2D eigenvalue weighted by molar-refractivity contribution is 0.102. The molecule has 0 fully saturated rings. The van der Waals surface area contributed by atoms with Crippen molar-refractivity contribution in [2.75, 3.05) is 5.32 Å². The smallest absolute Gasteiger partial charge is 0.258 e. The van der Waals surface area contributed by atoms with Crippen LogP contribution in [0, 0.1) is 10.5 Å². The number of hydrogen-bond acceptors (Lipinski definition) is 2. The van der Waals surface area contributed by atoms with E-state index in [9.17, 15) is 4.79 Å². The highest BCUT2D eigenvalue weighted by atomic mass is 127. The third-order valence-corrected chi connectivity index (χ3v) is 4.54. The Hall–Kier alpha value is -0.370. The van der Waals surface area contributed by atoms with Gasteiger partial charge in [0.25, 0.3) is 5.91 Å². The van der Waals surface area contributed by atoms with E-state index in [0.717, 1.165) is 3.57 Å². The van der Waals surface area contributed by atoms with Gasteiger partial charge in [0.05, 0.1) is 21.3 Å². The van der Waals surface area contributed by atoms with Gasteiger partial charge in [0.1, 0.15) is 0 Å². The molecule has 0 saturated heterocycles. The van der Waals surface area contributed by atoms with Crippen molar-refractivity contribution in [3.63, 3.8) is 0 Å². The van der Waals surface area contributed by atoms with Crippen LogP contribution in [0.15, 0.2) is 28.7 Å². The highest BCUT2D eigenvalue weighted by Gasteiger charge is 2.14. The summed E-state index contributed by atoms with van der Waals surface area (Å²) >= 11 is 17.4. The van der Waals surface area contributed by atoms with Gasteiger partial charge in [0, 0.05) is 8.04 Å². The molecule has 0 bridgehead atoms. The van der Waals surface area contributed by atoms with Crippen molar-refractivity contribution < 1.29 is 4.79 Å². The molecule has 2 aromatic rings. The summed E-state index contributed by atoms with van der Waals surface area (Å²) in [6, 6.07) is 7.05. The molecule has 1 N–H and O–H groups in total. The lowest BCUT2D eigenvalue weighted by Crippen LogP contribution is -2.14. The van der Waals surface area contributed by atoms with E-state index in [1.165, 1.54) is 0 Å². The number of rotatable bonds is 2. The molecule has 1 aromatic heterocycles. The molecule has 7 heteroatoms. The summed E-state index contributed by atoms with van der Waals surface area (Å²) in [6.45, 7) is 1.75. The van der Waals surface area contributed by atoms with Crippen LogP contribution in [0.1, 0.15) is 16.1 Å². The van der Waals surface area contributed by atoms with E-state index in [1.54, 1.807) is 19.1 Å². The van der Waals surface area contributed by atoms with Crippen LogP contribution >= 0.6 is 61.7 Å². The third kappa shape index (κ3) is 3.63. The second-order valence-corrected chi connectivity index (χ2v) is 6.88. The molecule has 2 rings (SSSR count). The van der Waals surface area contributed by atoms with Crippen LogP contribution < -0.4 is 5.32 Å². The molecule has 0 aliphatic heterocycles. The third-order valence-electron chi connectivity index (χ3n) is 2.51. The van der Waals surface area contributed by atoms with Crippen LogP contribution in [0.4, 0.5) is 5.82 Å². The Morgan fingerprint density at radius 1 is 1.30 bits per heavy atom. The summed E-state index contributed by atoms with van der Waals surface area (Å²) in [7, 11) is 0. The lowest BCUT2D eigenvalue weighted by atomic mass is 10.2. The van der Waals surface area contributed by atoms with Gasteiger partial charge in [-0.2, -0.15) is 0 Å². The van der Waals surface area contributed by atoms with E-state index in [0.29, 0.717) is 31.6 Å². The number of anilines is 1. The number of amides is 1. The van der Waals surface area contributed by atoms with Crippen LogP contribution in [0.25, 0.3) is 0 Å². The van der Waals surface area contributed by atoms with Crippen LogP contribution in [-0.2, 0) is 0 Å². The Labute approximate surface area is 148 Å². The van der Waals surface area contributed by atoms with Crippen LogP contribution in [-0.4, -0.2) is 10.9 Å². The number of aryl methyl sites for hydroxylation is 1. The lowest BCUT2D eigenvalue weighted by Gasteiger charge is -2.09. The van der Waals surface area contributed by atoms with Gasteiger partial charge in [0.15, 0.2) is 5.82 Å². The number of aromatic nitrogens is 1. The zero-order chi connectivity index (χ0) is 14.9. The van der Waals surface area contributed by atoms with Crippen LogP contribution in [0.5, 0.6) is 0 Å². The monoisotopic (exact) mass is 484 g/mol. The fourth-order valence-corrected chi connectivity index (χ4v) is 2.82. The summed E-state index contributed by atoms with van der Waals surface area (Å²) in [6.07, 6.45) is 0. The molecule has 20 heavy (non-hydrogen) atoms. The van der Waals surface area contributed by atoms with Gasteiger partial charge in [-0.15, -0.1) is 0 Å². The first kappa shape index (κ1) is 16.0. The Bertz CT molecular complexity index is 694. The second-order valence-electron chi connectivity index (χ2n) is 3.96. The van der Waals surface area contributed by atoms with Crippen molar-refractivity contribution in [3.8, 4) is 0 Å². The predicted molar refractivity (Wildman–Crippen MR) is 93.8 cm³/mol. The average Bonchev–Trinajstić information content (AvgIpc) is 2.38. The number of nitrogens with one attached hydrogen (secondary N) is 1. The molecule has 0 unspecified atom stereocenters. The Morgan fingerprint density at radius 3 is 2.70 bits per heavy atom. The maximum Gasteiger partial charge on any atom is 0.258 e. The topological polar surface area (TPSA) is 42.0 Å². The van der Waals surface area contributed by atoms with E-state index in [2.05, 4.69) is 48.8 Å². The number of pyridine rings is 1. The van der Waals surface area contributed by atoms with Gasteiger partial charge < -0.3 is 5.32 Å². The molecule has 104 valence electrons. The van der Waals surface area contributed by atoms with Gasteiger partial charge in [-0.25, -0.2) is 4.98 Å². The van der Waals surface area contributed by atoms with Gasteiger partial charge in [-0.05, 0) is 69.7 Å². The SMILES string of the molecule is Cc1nc(NC(=O)c2cc(I)ccc2Br)c(Cl)cc1Cl. The minimum Gasteiger partial charge on any atom is -0.305 e. The van der Waals surface area contributed by atoms with Crippen LogP contribution in [0.3, 0.4) is 0 Å². The minimum absolute atomic E-state index is 0.286. The largest absolute Gasteiger partial charge is 0.305 e. The Kier molecular flexibility index (Phi) is 5.28. The van der Waals surface area contributed by atoms with Gasteiger partial charge >= 0.3 is 0 Å². The maximum absolute atomic E-state index is 12.3. The number of benzene rings is 1. The first-order valence-corrected chi connectivity index (χ1v) is 8.10. The Morgan fingerprint density at radius 2 is 2.00 bits per heavy atom. The van der Waals surface area contributed by atoms with E-state index in [1.807, 2.05) is 12.1 Å². The van der Waals surface area contributed by atoms with Crippen molar-refractivity contribution in [1.82, 2.24) is 4.98 Å². The molecule has 0 radical (unpaired) electrons. The number of carbonyl (C=O) groups excluding carboxylic acids is 1. The Balaban J connectivity index is 2.32. The summed E-state index contributed by atoms with van der Waals surface area (Å²) in [5.74, 6) is 0.0100. The standard InChI is InChI=1S/C13H8BrCl2IN2O/c1-6-10(15)5-11(16)12(18-6)19-13(20)8-4-7(17)2-3-9(8)14/h2-5H,1H3,(H,18,19,20). The van der Waals surface area contributed by atoms with Gasteiger partial charge in [0.2, 0.25) is 0 Å². The first-order chi connectivity index (χ1) is 9.38. The van der Waals surface area contributed by atoms with Crippen molar-refractivity contribution in [2.24, 2.45) is 0 Å². The van der Waals surface area contributed by atoms with E-state index in [-0.39, 0.29) is 5.91 Å². The number of nitrogens with zero attached hydrogens (tertiary/aromatic N) is 1. The molecule has 3 nitrogen and oxygen atoms in total. The molecular formula is C13H8BrCl2IN2O. The summed E-state index contributed by atoms with van der Waals surface area (Å²) < 4.78 is 1.67. The van der Waals surface area contributed by atoms with Crippen molar-refractivity contribution in [1.29, 1.82) is 0 Å². The molecule has 0 aliphatic carbocycles. The molecular weight excluding hydrogens is 478 g/mol. The normalized spacial score (nSPS) is 10.4. The number of hydrogen-bond donors (Lipinski definition) is 1. The molecule has 1 heterocycles. The molecule has 0 saturated carbocycles. The fourth-order valence-electron chi connectivity index (χ4n) is 1.49. The molecule has 1 amide bonds. The first-order valence-electron chi connectivity index (χ1n) is 5.47. The molecule has 0 spiro atoms. The van der Waals surface area contributed by atoms with E-state index >= 15 is 0 Å².